The highest BCUT2D eigenvalue weighted by atomic mass is 32.1. The first-order valence-electron chi connectivity index (χ1n) is 9.77. The van der Waals surface area contributed by atoms with Crippen LogP contribution in [0.3, 0.4) is 0 Å². The Morgan fingerprint density at radius 2 is 2.03 bits per heavy atom. The van der Waals surface area contributed by atoms with E-state index in [-0.39, 0.29) is 5.91 Å². The molecule has 150 valence electrons. The zero-order chi connectivity index (χ0) is 20.5. The number of aromatic nitrogens is 1. The third kappa shape index (κ3) is 3.58. The van der Waals surface area contributed by atoms with Gasteiger partial charge in [0.25, 0.3) is 11.8 Å². The molecule has 1 aromatic carbocycles. The van der Waals surface area contributed by atoms with E-state index in [0.717, 1.165) is 41.7 Å². The highest BCUT2D eigenvalue weighted by Gasteiger charge is 2.29. The largest absolute Gasteiger partial charge is 0.365 e. The van der Waals surface area contributed by atoms with E-state index in [9.17, 15) is 9.59 Å². The van der Waals surface area contributed by atoms with Gasteiger partial charge < -0.3 is 15.6 Å². The molecular formula is C22H23N3O3S. The van der Waals surface area contributed by atoms with Gasteiger partial charge in [0.2, 0.25) is 0 Å². The molecule has 0 radical (unpaired) electrons. The van der Waals surface area contributed by atoms with Crippen LogP contribution in [-0.2, 0) is 12.8 Å². The minimum atomic E-state index is -0.502. The molecule has 7 heteroatoms. The lowest BCUT2D eigenvalue weighted by molar-refractivity contribution is 0.1000. The molecule has 3 N–H and O–H groups in total. The van der Waals surface area contributed by atoms with Crippen molar-refractivity contribution in [1.29, 1.82) is 0 Å². The lowest BCUT2D eigenvalue weighted by Gasteiger charge is -2.20. The fourth-order valence-corrected chi connectivity index (χ4v) is 5.31. The van der Waals surface area contributed by atoms with E-state index in [0.29, 0.717) is 33.5 Å². The maximum absolute atomic E-state index is 13.1. The van der Waals surface area contributed by atoms with Gasteiger partial charge in [0.15, 0.2) is 0 Å². The Hall–Kier alpha value is -2.93. The molecule has 2 amide bonds. The van der Waals surface area contributed by atoms with Crippen molar-refractivity contribution in [2.75, 3.05) is 5.32 Å². The Balaban J connectivity index is 1.69. The van der Waals surface area contributed by atoms with Gasteiger partial charge in [-0.15, -0.1) is 11.3 Å². The van der Waals surface area contributed by atoms with E-state index in [1.807, 2.05) is 30.3 Å². The van der Waals surface area contributed by atoms with Crippen molar-refractivity contribution < 1.29 is 14.1 Å². The number of anilines is 1. The van der Waals surface area contributed by atoms with Crippen LogP contribution >= 0.6 is 11.3 Å². The topological polar surface area (TPSA) is 98.2 Å². The molecule has 0 fully saturated rings. The first-order chi connectivity index (χ1) is 14.0. The molecular weight excluding hydrogens is 386 g/mol. The highest BCUT2D eigenvalue weighted by molar-refractivity contribution is 7.17. The molecule has 0 saturated heterocycles. The van der Waals surface area contributed by atoms with Crippen molar-refractivity contribution in [3.8, 4) is 11.3 Å². The van der Waals surface area contributed by atoms with Crippen molar-refractivity contribution in [2.24, 2.45) is 11.7 Å². The summed E-state index contributed by atoms with van der Waals surface area (Å²) in [5.41, 5.74) is 8.76. The van der Waals surface area contributed by atoms with Gasteiger partial charge in [-0.1, -0.05) is 48.8 Å². The summed E-state index contributed by atoms with van der Waals surface area (Å²) in [6.07, 6.45) is 3.89. The van der Waals surface area contributed by atoms with Crippen molar-refractivity contribution >= 4 is 28.2 Å². The minimum absolute atomic E-state index is 0.351. The van der Waals surface area contributed by atoms with E-state index in [1.165, 1.54) is 11.3 Å². The number of nitrogens with two attached hydrogens (primary N) is 1. The fourth-order valence-electron chi connectivity index (χ4n) is 3.95. The number of thiophene rings is 1. The average molecular weight is 410 g/mol. The second kappa shape index (κ2) is 7.83. The first-order valence-corrected chi connectivity index (χ1v) is 10.6. The van der Waals surface area contributed by atoms with E-state index in [2.05, 4.69) is 17.4 Å². The molecule has 0 saturated carbocycles. The van der Waals surface area contributed by atoms with Gasteiger partial charge in [0.05, 0.1) is 5.56 Å². The van der Waals surface area contributed by atoms with Gasteiger partial charge in [-0.2, -0.15) is 0 Å². The Labute approximate surface area is 173 Å². The van der Waals surface area contributed by atoms with Crippen LogP contribution in [-0.4, -0.2) is 17.0 Å². The summed E-state index contributed by atoms with van der Waals surface area (Å²) in [6, 6.07) is 9.40. The van der Waals surface area contributed by atoms with Crippen LogP contribution in [0, 0.1) is 12.8 Å². The number of fused-ring (bicyclic) bond motifs is 1. The molecule has 4 rings (SSSR count). The summed E-state index contributed by atoms with van der Waals surface area (Å²) < 4.78 is 5.30. The molecule has 0 unspecified atom stereocenters. The number of carbonyl (C=O) groups is 2. The predicted molar refractivity (Wildman–Crippen MR) is 113 cm³/mol. The maximum Gasteiger partial charge on any atom is 0.262 e. The second-order valence-electron chi connectivity index (χ2n) is 7.37. The number of hydrogen-bond donors (Lipinski definition) is 2. The van der Waals surface area contributed by atoms with E-state index in [1.54, 1.807) is 6.92 Å². The Bertz CT molecular complexity index is 1070. The molecule has 0 bridgehead atoms. The molecule has 1 aliphatic rings. The van der Waals surface area contributed by atoms with Crippen molar-refractivity contribution in [1.82, 2.24) is 5.16 Å². The number of amides is 2. The van der Waals surface area contributed by atoms with Crippen LogP contribution in [0.25, 0.3) is 11.3 Å². The normalized spacial score (nSPS) is 15.7. The maximum atomic E-state index is 13.1. The lowest BCUT2D eigenvalue weighted by Crippen LogP contribution is -2.20. The van der Waals surface area contributed by atoms with Gasteiger partial charge in [-0.3, -0.25) is 9.59 Å². The van der Waals surface area contributed by atoms with Crippen LogP contribution in [0.5, 0.6) is 0 Å². The SMILES string of the molecule is CC[C@@H]1CCc2c(sc(NC(=O)c3c(-c4ccccc4)noc3C)c2C(N)=O)C1. The molecule has 1 aliphatic carbocycles. The van der Waals surface area contributed by atoms with Crippen LogP contribution in [0.15, 0.2) is 34.9 Å². The number of rotatable bonds is 5. The van der Waals surface area contributed by atoms with Crippen LogP contribution in [0.1, 0.15) is 56.7 Å². The Morgan fingerprint density at radius 1 is 1.28 bits per heavy atom. The zero-order valence-corrected chi connectivity index (χ0v) is 17.3. The van der Waals surface area contributed by atoms with Crippen molar-refractivity contribution in [3.05, 3.63) is 57.7 Å². The van der Waals surface area contributed by atoms with E-state index in [4.69, 9.17) is 10.3 Å². The molecule has 29 heavy (non-hydrogen) atoms. The third-order valence-electron chi connectivity index (χ3n) is 5.56. The highest BCUT2D eigenvalue weighted by Crippen LogP contribution is 2.40. The quantitative estimate of drug-likeness (QED) is 0.644. The molecule has 6 nitrogen and oxygen atoms in total. The zero-order valence-electron chi connectivity index (χ0n) is 16.5. The van der Waals surface area contributed by atoms with Crippen LogP contribution < -0.4 is 11.1 Å². The van der Waals surface area contributed by atoms with Crippen molar-refractivity contribution in [3.63, 3.8) is 0 Å². The van der Waals surface area contributed by atoms with E-state index < -0.39 is 5.91 Å². The van der Waals surface area contributed by atoms with Gasteiger partial charge in [-0.25, -0.2) is 0 Å². The first kappa shape index (κ1) is 19.4. The number of primary amides is 1. The van der Waals surface area contributed by atoms with Crippen molar-refractivity contribution in [2.45, 2.75) is 39.5 Å². The summed E-state index contributed by atoms with van der Waals surface area (Å²) in [4.78, 5) is 26.5. The number of aryl methyl sites for hydroxylation is 1. The fraction of sp³-hybridized carbons (Fsp3) is 0.318. The lowest BCUT2D eigenvalue weighted by atomic mass is 9.85. The molecule has 3 aromatic rings. The third-order valence-corrected chi connectivity index (χ3v) is 6.72. The predicted octanol–water partition coefficient (Wildman–Crippen LogP) is 4.58. The number of hydrogen-bond acceptors (Lipinski definition) is 5. The molecule has 2 aromatic heterocycles. The minimum Gasteiger partial charge on any atom is -0.365 e. The summed E-state index contributed by atoms with van der Waals surface area (Å²) >= 11 is 1.46. The van der Waals surface area contributed by atoms with Gasteiger partial charge >= 0.3 is 0 Å². The van der Waals surface area contributed by atoms with Gasteiger partial charge in [-0.05, 0) is 37.7 Å². The molecule has 1 atom stereocenters. The molecule has 0 aliphatic heterocycles. The number of carbonyl (C=O) groups excluding carboxylic acids is 2. The summed E-state index contributed by atoms with van der Waals surface area (Å²) in [5.74, 6) is 0.179. The van der Waals surface area contributed by atoms with Gasteiger partial charge in [0, 0.05) is 10.4 Å². The molecule has 0 spiro atoms. The average Bonchev–Trinajstić information content (AvgIpc) is 3.27. The Morgan fingerprint density at radius 3 is 2.72 bits per heavy atom. The number of benzene rings is 1. The summed E-state index contributed by atoms with van der Waals surface area (Å²) in [6.45, 7) is 3.88. The summed E-state index contributed by atoms with van der Waals surface area (Å²) in [5, 5.41) is 7.50. The van der Waals surface area contributed by atoms with Gasteiger partial charge in [0.1, 0.15) is 22.0 Å². The second-order valence-corrected chi connectivity index (χ2v) is 8.48. The smallest absolute Gasteiger partial charge is 0.262 e. The summed E-state index contributed by atoms with van der Waals surface area (Å²) in [7, 11) is 0. The van der Waals surface area contributed by atoms with Crippen LogP contribution in [0.4, 0.5) is 5.00 Å². The monoisotopic (exact) mass is 409 g/mol. The van der Waals surface area contributed by atoms with Crippen LogP contribution in [0.2, 0.25) is 0 Å². The van der Waals surface area contributed by atoms with E-state index >= 15 is 0 Å². The number of nitrogens with zero attached hydrogens (tertiary/aromatic N) is 1. The molecule has 2 heterocycles. The number of nitrogens with one attached hydrogen (secondary N) is 1. The standard InChI is InChI=1S/C22H23N3O3S/c1-3-13-9-10-15-16(11-13)29-22(18(15)20(23)26)24-21(27)17-12(2)28-25-19(17)14-7-5-4-6-8-14/h4-8,13H,3,9-11H2,1-2H3,(H2,23,26)(H,24,27)/t13-/m1/s1. The Kier molecular flexibility index (Phi) is 5.24.